The molecule has 7 aromatic carbocycles. The minimum Gasteiger partial charge on any atom is -0.455 e. The molecule has 0 spiro atoms. The largest absolute Gasteiger partial charge is 0.455 e. The van der Waals surface area contributed by atoms with Crippen LogP contribution in [0.25, 0.3) is 60.7 Å². The Bertz CT molecular complexity index is 2620. The molecule has 224 valence electrons. The lowest BCUT2D eigenvalue weighted by Gasteiger charge is -2.29. The average Bonchev–Trinajstić information content (AvgIpc) is 3.60. The standard InChI is InChI=1S/C45H33NO/c1-45(2)39-23-21-32(27-38(39)43-40(45)24-22-37-36-17-9-10-18-42(36)47-44(37)43)46(31-20-19-28-11-3-4-12-29(28)25-31)41-26-30-13-5-6-14-33(30)34-15-7-8-16-35(34)41/h4-10,12-27H,3,11H2,1-2H3. The van der Waals surface area contributed by atoms with Crippen molar-refractivity contribution in [2.24, 2.45) is 0 Å². The molecule has 1 heterocycles. The summed E-state index contributed by atoms with van der Waals surface area (Å²) < 4.78 is 6.66. The molecule has 0 amide bonds. The van der Waals surface area contributed by atoms with Crippen molar-refractivity contribution in [3.05, 3.63) is 156 Å². The number of furan rings is 1. The van der Waals surface area contributed by atoms with Crippen molar-refractivity contribution in [2.45, 2.75) is 32.1 Å². The van der Waals surface area contributed by atoms with Crippen LogP contribution in [-0.2, 0) is 11.8 Å². The molecule has 10 rings (SSSR count). The van der Waals surface area contributed by atoms with E-state index in [0.717, 1.165) is 35.4 Å². The summed E-state index contributed by atoms with van der Waals surface area (Å²) in [6.45, 7) is 4.69. The van der Waals surface area contributed by atoms with E-state index in [2.05, 4.69) is 158 Å². The molecule has 0 N–H and O–H groups in total. The molecule has 0 saturated carbocycles. The lowest BCUT2D eigenvalue weighted by molar-refractivity contribution is 0.653. The molecule has 0 radical (unpaired) electrons. The van der Waals surface area contributed by atoms with E-state index in [4.69, 9.17) is 4.42 Å². The first-order valence-corrected chi connectivity index (χ1v) is 16.7. The minimum absolute atomic E-state index is 0.145. The summed E-state index contributed by atoms with van der Waals surface area (Å²) in [5, 5.41) is 7.35. The number of rotatable bonds is 3. The third-order valence-electron chi connectivity index (χ3n) is 10.7. The van der Waals surface area contributed by atoms with Crippen molar-refractivity contribution in [3.8, 4) is 11.1 Å². The molecule has 0 atom stereocenters. The zero-order valence-corrected chi connectivity index (χ0v) is 26.5. The number of hydrogen-bond donors (Lipinski definition) is 0. The SMILES string of the molecule is CC1(C)c2ccc(N(c3ccc4c(c3)C=CCC4)c3cc4ccccc4c4ccccc34)cc2-c2c1ccc1c2oc2ccccc21. The van der Waals surface area contributed by atoms with Gasteiger partial charge >= 0.3 is 0 Å². The molecule has 0 unspecified atom stereocenters. The fourth-order valence-electron chi connectivity index (χ4n) is 8.35. The van der Waals surface area contributed by atoms with Crippen molar-refractivity contribution >= 4 is 66.6 Å². The molecule has 1 aromatic heterocycles. The second kappa shape index (κ2) is 9.70. The Balaban J connectivity index is 1.27. The van der Waals surface area contributed by atoms with Crippen molar-refractivity contribution in [3.63, 3.8) is 0 Å². The Labute approximate surface area is 274 Å². The molecule has 47 heavy (non-hydrogen) atoms. The first kappa shape index (κ1) is 26.6. The molecule has 0 saturated heterocycles. The number of anilines is 3. The monoisotopic (exact) mass is 603 g/mol. The molecule has 2 nitrogen and oxygen atoms in total. The van der Waals surface area contributed by atoms with Crippen LogP contribution in [0.1, 0.15) is 42.5 Å². The molecule has 0 bridgehead atoms. The Morgan fingerprint density at radius 2 is 1.34 bits per heavy atom. The number of benzene rings is 7. The number of hydrogen-bond acceptors (Lipinski definition) is 2. The third-order valence-corrected chi connectivity index (χ3v) is 10.7. The van der Waals surface area contributed by atoms with Crippen molar-refractivity contribution in [1.82, 2.24) is 0 Å². The molecule has 2 aliphatic carbocycles. The van der Waals surface area contributed by atoms with Gasteiger partial charge in [-0.05, 0) is 93.2 Å². The number of aryl methyl sites for hydroxylation is 1. The first-order valence-electron chi connectivity index (χ1n) is 16.7. The summed E-state index contributed by atoms with van der Waals surface area (Å²) in [5.41, 5.74) is 13.1. The summed E-state index contributed by atoms with van der Waals surface area (Å²) in [6, 6.07) is 47.0. The lowest BCUT2D eigenvalue weighted by atomic mass is 9.82. The Morgan fingerprint density at radius 1 is 0.617 bits per heavy atom. The zero-order valence-electron chi connectivity index (χ0n) is 26.5. The average molecular weight is 604 g/mol. The van der Waals surface area contributed by atoms with Crippen LogP contribution in [0.2, 0.25) is 0 Å². The molecule has 2 heteroatoms. The Morgan fingerprint density at radius 3 is 2.23 bits per heavy atom. The van der Waals surface area contributed by atoms with Crippen LogP contribution in [-0.4, -0.2) is 0 Å². The smallest absolute Gasteiger partial charge is 0.143 e. The van der Waals surface area contributed by atoms with Gasteiger partial charge in [-0.3, -0.25) is 0 Å². The highest BCUT2D eigenvalue weighted by molar-refractivity contribution is 6.15. The van der Waals surface area contributed by atoms with Crippen LogP contribution in [0.5, 0.6) is 0 Å². The van der Waals surface area contributed by atoms with Crippen LogP contribution >= 0.6 is 0 Å². The fraction of sp³-hybridized carbons (Fsp3) is 0.111. The summed E-state index contributed by atoms with van der Waals surface area (Å²) in [5.74, 6) is 0. The van der Waals surface area contributed by atoms with Crippen molar-refractivity contribution in [2.75, 3.05) is 4.90 Å². The van der Waals surface area contributed by atoms with Crippen LogP contribution in [0.4, 0.5) is 17.1 Å². The maximum absolute atomic E-state index is 6.66. The van der Waals surface area contributed by atoms with E-state index in [1.807, 2.05) is 0 Å². The van der Waals surface area contributed by atoms with Crippen LogP contribution < -0.4 is 4.90 Å². The van der Waals surface area contributed by atoms with Gasteiger partial charge in [0.25, 0.3) is 0 Å². The molecular weight excluding hydrogens is 571 g/mol. The van der Waals surface area contributed by atoms with Gasteiger partial charge in [0, 0.05) is 38.5 Å². The quantitative estimate of drug-likeness (QED) is 0.187. The molecule has 0 aliphatic heterocycles. The van der Waals surface area contributed by atoms with Gasteiger partial charge in [-0.1, -0.05) is 117 Å². The number of allylic oxidation sites excluding steroid dienone is 1. The summed E-state index contributed by atoms with van der Waals surface area (Å²) in [7, 11) is 0. The van der Waals surface area contributed by atoms with E-state index in [-0.39, 0.29) is 5.41 Å². The highest BCUT2D eigenvalue weighted by atomic mass is 16.3. The minimum atomic E-state index is -0.145. The second-order valence-electron chi connectivity index (χ2n) is 13.6. The van der Waals surface area contributed by atoms with E-state index in [1.54, 1.807) is 0 Å². The predicted molar refractivity (Wildman–Crippen MR) is 198 cm³/mol. The van der Waals surface area contributed by atoms with Crippen molar-refractivity contribution < 1.29 is 4.42 Å². The van der Waals surface area contributed by atoms with Gasteiger partial charge in [0.1, 0.15) is 11.2 Å². The van der Waals surface area contributed by atoms with Crippen LogP contribution in [0.3, 0.4) is 0 Å². The van der Waals surface area contributed by atoms with Crippen molar-refractivity contribution in [1.29, 1.82) is 0 Å². The summed E-state index contributed by atoms with van der Waals surface area (Å²) >= 11 is 0. The third kappa shape index (κ3) is 3.79. The van der Waals surface area contributed by atoms with E-state index in [9.17, 15) is 0 Å². The number of nitrogens with zero attached hydrogens (tertiary/aromatic N) is 1. The summed E-state index contributed by atoms with van der Waals surface area (Å²) in [6.07, 6.45) is 6.78. The highest BCUT2D eigenvalue weighted by Gasteiger charge is 2.38. The maximum Gasteiger partial charge on any atom is 0.143 e. The lowest BCUT2D eigenvalue weighted by Crippen LogP contribution is -2.15. The maximum atomic E-state index is 6.66. The van der Waals surface area contributed by atoms with Gasteiger partial charge in [0.15, 0.2) is 0 Å². The van der Waals surface area contributed by atoms with E-state index >= 15 is 0 Å². The first-order chi connectivity index (χ1) is 23.1. The fourth-order valence-corrected chi connectivity index (χ4v) is 8.35. The topological polar surface area (TPSA) is 16.4 Å². The van der Waals surface area contributed by atoms with E-state index in [0.29, 0.717) is 0 Å². The Kier molecular flexibility index (Phi) is 5.49. The molecule has 0 fully saturated rings. The normalized spacial score (nSPS) is 14.5. The molecule has 2 aliphatic rings. The van der Waals surface area contributed by atoms with E-state index in [1.165, 1.54) is 71.4 Å². The van der Waals surface area contributed by atoms with Gasteiger partial charge in [0.2, 0.25) is 0 Å². The Hall–Kier alpha value is -5.60. The summed E-state index contributed by atoms with van der Waals surface area (Å²) in [4.78, 5) is 2.47. The molecule has 8 aromatic rings. The van der Waals surface area contributed by atoms with Crippen LogP contribution in [0.15, 0.2) is 138 Å². The predicted octanol–water partition coefficient (Wildman–Crippen LogP) is 12.6. The highest BCUT2D eigenvalue weighted by Crippen LogP contribution is 2.54. The van der Waals surface area contributed by atoms with Gasteiger partial charge in [0.05, 0.1) is 5.69 Å². The molecular formula is C45H33NO. The zero-order chi connectivity index (χ0) is 31.3. The van der Waals surface area contributed by atoms with Gasteiger partial charge in [-0.25, -0.2) is 0 Å². The van der Waals surface area contributed by atoms with Gasteiger partial charge in [-0.15, -0.1) is 0 Å². The van der Waals surface area contributed by atoms with Gasteiger partial charge < -0.3 is 9.32 Å². The van der Waals surface area contributed by atoms with Crippen LogP contribution in [0, 0.1) is 0 Å². The number of fused-ring (bicyclic) bond motifs is 11. The van der Waals surface area contributed by atoms with E-state index < -0.39 is 0 Å². The number of para-hydroxylation sites is 1. The second-order valence-corrected chi connectivity index (χ2v) is 13.6. The van der Waals surface area contributed by atoms with Gasteiger partial charge in [-0.2, -0.15) is 0 Å².